The van der Waals surface area contributed by atoms with Crippen LogP contribution in [0.4, 0.5) is 8.78 Å². The molecule has 0 spiro atoms. The molecule has 1 saturated carbocycles. The van der Waals surface area contributed by atoms with E-state index < -0.39 is 40.8 Å². The van der Waals surface area contributed by atoms with E-state index in [4.69, 9.17) is 16.2 Å². The van der Waals surface area contributed by atoms with E-state index in [9.17, 15) is 18.4 Å². The van der Waals surface area contributed by atoms with Crippen LogP contribution in [0.2, 0.25) is 0 Å². The van der Waals surface area contributed by atoms with Crippen molar-refractivity contribution < 1.29 is 23.1 Å². The monoisotopic (exact) mass is 600 g/mol. The van der Waals surface area contributed by atoms with Gasteiger partial charge >= 0.3 is 5.97 Å². The van der Waals surface area contributed by atoms with Gasteiger partial charge < -0.3 is 21.5 Å². The summed E-state index contributed by atoms with van der Waals surface area (Å²) < 4.78 is 34.9. The summed E-state index contributed by atoms with van der Waals surface area (Å²) >= 11 is 1.19. The molecule has 42 heavy (non-hydrogen) atoms. The highest BCUT2D eigenvalue weighted by molar-refractivity contribution is 7.13. The molecule has 0 aromatic carbocycles. The van der Waals surface area contributed by atoms with Gasteiger partial charge in [0.2, 0.25) is 5.95 Å². The Bertz CT molecular complexity index is 1490. The van der Waals surface area contributed by atoms with Gasteiger partial charge in [-0.1, -0.05) is 40.0 Å². The summed E-state index contributed by atoms with van der Waals surface area (Å²) in [4.78, 5) is 37.9. The number of carbonyl (C=O) groups is 2. The number of hydrogen-bond donors (Lipinski definition) is 3. The second kappa shape index (κ2) is 13.3. The van der Waals surface area contributed by atoms with E-state index in [2.05, 4.69) is 25.4 Å². The lowest BCUT2D eigenvalue weighted by Crippen LogP contribution is -2.43. The van der Waals surface area contributed by atoms with Crippen molar-refractivity contribution >= 4 is 35.1 Å². The van der Waals surface area contributed by atoms with Crippen LogP contribution in [0.1, 0.15) is 69.1 Å². The molecule has 1 fully saturated rings. The Morgan fingerprint density at radius 1 is 1.24 bits per heavy atom. The molecule has 0 bridgehead atoms. The first-order valence-electron chi connectivity index (χ1n) is 13.5. The number of carbonyl (C=O) groups excluding carboxylic acids is 2. The number of aliphatic imine (C=N–C) groups is 1. The minimum absolute atomic E-state index is 0.0137. The number of ether oxygens (including phenoxy) is 1. The molecule has 0 aliphatic heterocycles. The summed E-state index contributed by atoms with van der Waals surface area (Å²) in [5.41, 5.74) is 11.6. The molecular weight excluding hydrogens is 566 g/mol. The third-order valence-corrected chi connectivity index (χ3v) is 7.63. The molecule has 3 heterocycles. The molecule has 14 heteroatoms. The van der Waals surface area contributed by atoms with Crippen LogP contribution in [0, 0.1) is 17.2 Å². The van der Waals surface area contributed by atoms with E-state index >= 15 is 0 Å². The van der Waals surface area contributed by atoms with Crippen LogP contribution >= 0.6 is 11.3 Å². The van der Waals surface area contributed by atoms with Gasteiger partial charge in [0.25, 0.3) is 5.91 Å². The zero-order chi connectivity index (χ0) is 30.4. The van der Waals surface area contributed by atoms with Gasteiger partial charge in [0.1, 0.15) is 22.4 Å². The number of nitrogens with one attached hydrogen (secondary N) is 1. The lowest BCUT2D eigenvalue weighted by Gasteiger charge is -2.24. The SMILES string of the molecule is CC(C)(C)C(N)C(=O)OCn1cc(-c2nc(C(=O)N/C(C=NC3CCCCC3)=C(/N)c3nc(F)ccc3F)cs2)cn1. The maximum atomic E-state index is 14.5. The summed E-state index contributed by atoms with van der Waals surface area (Å²) in [6.45, 7) is 5.39. The van der Waals surface area contributed by atoms with Crippen molar-refractivity contribution in [1.29, 1.82) is 0 Å². The first kappa shape index (κ1) is 30.9. The van der Waals surface area contributed by atoms with Crippen molar-refractivity contribution in [1.82, 2.24) is 25.1 Å². The molecule has 1 unspecified atom stereocenters. The number of nitrogens with zero attached hydrogens (tertiary/aromatic N) is 5. The molecule has 11 nitrogen and oxygen atoms in total. The van der Waals surface area contributed by atoms with Crippen LogP contribution in [-0.2, 0) is 16.3 Å². The smallest absolute Gasteiger partial charge is 0.325 e. The van der Waals surface area contributed by atoms with Crippen molar-refractivity contribution in [2.45, 2.75) is 71.7 Å². The Morgan fingerprint density at radius 3 is 2.69 bits per heavy atom. The molecule has 1 atom stereocenters. The standard InChI is InChI=1S/C28H34F2N8O3S/c1-28(2,3)24(32)27(40)41-15-38-13-16(11-34-38)26-36-20(14-42-26)25(39)35-19(12-33-17-7-5-4-6-8-17)22(31)23-18(29)9-10-21(30)37-23/h9-14,17,24H,4-8,15,31-32H2,1-3H3,(H,35,39)/b22-19+,33-12?. The largest absolute Gasteiger partial charge is 0.441 e. The lowest BCUT2D eigenvalue weighted by atomic mass is 9.87. The molecule has 0 radical (unpaired) electrons. The number of amides is 1. The molecular formula is C28H34F2N8O3S. The van der Waals surface area contributed by atoms with E-state index in [0.29, 0.717) is 10.6 Å². The number of esters is 1. The molecule has 4 rings (SSSR count). The Hall–Kier alpha value is -4.04. The fourth-order valence-corrected chi connectivity index (χ4v) is 4.90. The molecule has 3 aromatic rings. The van der Waals surface area contributed by atoms with Crippen LogP contribution in [0.15, 0.2) is 40.6 Å². The van der Waals surface area contributed by atoms with Crippen molar-refractivity contribution in [3.05, 3.63) is 58.8 Å². The Kier molecular flexibility index (Phi) is 9.78. The van der Waals surface area contributed by atoms with Gasteiger partial charge in [-0.15, -0.1) is 11.3 Å². The molecule has 1 amide bonds. The third kappa shape index (κ3) is 7.82. The number of halogens is 2. The zero-order valence-electron chi connectivity index (χ0n) is 23.6. The van der Waals surface area contributed by atoms with E-state index in [0.717, 1.165) is 44.2 Å². The molecule has 0 saturated heterocycles. The normalized spacial score (nSPS) is 15.9. The number of allylic oxidation sites excluding steroid dienone is 1. The van der Waals surface area contributed by atoms with Gasteiger partial charge in [-0.05, 0) is 30.4 Å². The number of hydrogen-bond acceptors (Lipinski definition) is 10. The van der Waals surface area contributed by atoms with Crippen LogP contribution in [-0.4, -0.2) is 49.9 Å². The van der Waals surface area contributed by atoms with E-state index in [1.807, 2.05) is 20.8 Å². The molecule has 3 aromatic heterocycles. The van der Waals surface area contributed by atoms with Crippen molar-refractivity contribution in [2.75, 3.05) is 0 Å². The second-order valence-electron chi connectivity index (χ2n) is 11.1. The van der Waals surface area contributed by atoms with Crippen LogP contribution in [0.25, 0.3) is 16.3 Å². The van der Waals surface area contributed by atoms with Gasteiger partial charge in [-0.3, -0.25) is 14.6 Å². The average Bonchev–Trinajstić information content (AvgIpc) is 3.64. The van der Waals surface area contributed by atoms with E-state index in [1.54, 1.807) is 6.20 Å². The minimum Gasteiger partial charge on any atom is -0.441 e. The summed E-state index contributed by atoms with van der Waals surface area (Å²) in [5, 5.41) is 8.84. The quantitative estimate of drug-likeness (QED) is 0.188. The number of rotatable bonds is 9. The molecule has 5 N–H and O–H groups in total. The average molecular weight is 601 g/mol. The predicted molar refractivity (Wildman–Crippen MR) is 155 cm³/mol. The first-order chi connectivity index (χ1) is 19.9. The number of thiazole rings is 1. The Morgan fingerprint density at radius 2 is 1.98 bits per heavy atom. The molecule has 224 valence electrons. The highest BCUT2D eigenvalue weighted by Crippen LogP contribution is 2.25. The number of pyridine rings is 1. The maximum absolute atomic E-state index is 14.5. The van der Waals surface area contributed by atoms with Gasteiger partial charge in [0.05, 0.1) is 23.6 Å². The summed E-state index contributed by atoms with van der Waals surface area (Å²) in [6.07, 6.45) is 9.49. The predicted octanol–water partition coefficient (Wildman–Crippen LogP) is 4.01. The summed E-state index contributed by atoms with van der Waals surface area (Å²) in [5.74, 6) is -2.93. The van der Waals surface area contributed by atoms with Crippen LogP contribution < -0.4 is 16.8 Å². The summed E-state index contributed by atoms with van der Waals surface area (Å²) in [7, 11) is 0. The number of aromatic nitrogens is 4. The lowest BCUT2D eigenvalue weighted by molar-refractivity contribution is -0.152. The summed E-state index contributed by atoms with van der Waals surface area (Å²) in [6, 6.07) is 1.04. The Balaban J connectivity index is 1.50. The molecule has 1 aliphatic rings. The highest BCUT2D eigenvalue weighted by atomic mass is 32.1. The zero-order valence-corrected chi connectivity index (χ0v) is 24.5. The minimum atomic E-state index is -0.916. The maximum Gasteiger partial charge on any atom is 0.325 e. The van der Waals surface area contributed by atoms with Crippen molar-refractivity contribution in [3.8, 4) is 10.6 Å². The molecule has 1 aliphatic carbocycles. The Labute approximate surface area is 246 Å². The van der Waals surface area contributed by atoms with Crippen molar-refractivity contribution in [3.63, 3.8) is 0 Å². The van der Waals surface area contributed by atoms with Crippen LogP contribution in [0.5, 0.6) is 0 Å². The number of nitrogens with two attached hydrogens (primary N) is 2. The van der Waals surface area contributed by atoms with Crippen molar-refractivity contribution in [2.24, 2.45) is 21.9 Å². The fourth-order valence-electron chi connectivity index (χ4n) is 4.13. The van der Waals surface area contributed by atoms with E-state index in [1.165, 1.54) is 33.8 Å². The topological polar surface area (TPSA) is 163 Å². The highest BCUT2D eigenvalue weighted by Gasteiger charge is 2.29. The fraction of sp³-hybridized carbons (Fsp3) is 0.429. The third-order valence-electron chi connectivity index (χ3n) is 6.74. The first-order valence-corrected chi connectivity index (χ1v) is 14.4. The van der Waals surface area contributed by atoms with E-state index in [-0.39, 0.29) is 29.9 Å². The second-order valence-corrected chi connectivity index (χ2v) is 11.9. The van der Waals surface area contributed by atoms with Gasteiger partial charge in [0, 0.05) is 23.4 Å². The van der Waals surface area contributed by atoms with Gasteiger partial charge in [0.15, 0.2) is 12.5 Å². The van der Waals surface area contributed by atoms with Gasteiger partial charge in [-0.2, -0.15) is 9.49 Å². The van der Waals surface area contributed by atoms with Gasteiger partial charge in [-0.25, -0.2) is 19.0 Å². The van der Waals surface area contributed by atoms with Crippen LogP contribution in [0.3, 0.4) is 0 Å².